The first-order valence-electron chi connectivity index (χ1n) is 14.7. The highest BCUT2D eigenvalue weighted by Gasteiger charge is 2.26. The summed E-state index contributed by atoms with van der Waals surface area (Å²) in [6.07, 6.45) is 3.57. The molecule has 3 aromatic carbocycles. The fourth-order valence-corrected chi connectivity index (χ4v) is 7.04. The van der Waals surface area contributed by atoms with Gasteiger partial charge in [-0.15, -0.1) is 11.3 Å². The summed E-state index contributed by atoms with van der Waals surface area (Å²) in [4.78, 5) is 44.6. The molecule has 0 unspecified atom stereocenters. The van der Waals surface area contributed by atoms with E-state index in [1.807, 2.05) is 50.4 Å². The molecular weight excluding hydrogens is 654 g/mol. The van der Waals surface area contributed by atoms with E-state index in [4.69, 9.17) is 9.47 Å². The van der Waals surface area contributed by atoms with Crippen molar-refractivity contribution in [1.29, 1.82) is 0 Å². The fourth-order valence-electron chi connectivity index (χ4n) is 5.48. The number of aromatic amines is 1. The molecule has 10 heteroatoms. The average molecular weight is 687 g/mol. The third kappa shape index (κ3) is 6.12. The number of carbonyl (C=O) groups excluding carboxylic acids is 3. The average Bonchev–Trinajstić information content (AvgIpc) is 3.71. The third-order valence-electron chi connectivity index (χ3n) is 7.77. The first-order valence-corrected chi connectivity index (χ1v) is 16.4. The van der Waals surface area contributed by atoms with E-state index in [2.05, 4.69) is 43.0 Å². The van der Waals surface area contributed by atoms with Crippen LogP contribution in [0.4, 0.5) is 5.69 Å². The Hall–Kier alpha value is -4.41. The number of anilines is 1. The number of nitrogens with one attached hydrogen (secondary N) is 3. The van der Waals surface area contributed by atoms with Crippen LogP contribution in [0.5, 0.6) is 5.75 Å². The van der Waals surface area contributed by atoms with Gasteiger partial charge in [-0.3, -0.25) is 9.59 Å². The molecule has 1 aliphatic heterocycles. The normalized spacial score (nSPS) is 12.5. The molecule has 0 saturated heterocycles. The molecule has 0 atom stereocenters. The minimum absolute atomic E-state index is 0.168. The Kier molecular flexibility index (Phi) is 8.78. The first-order chi connectivity index (χ1) is 21.7. The number of esters is 1. The molecule has 3 heterocycles. The number of thiophene rings is 1. The Morgan fingerprint density at radius 2 is 1.84 bits per heavy atom. The highest BCUT2D eigenvalue weighted by Crippen LogP contribution is 2.43. The van der Waals surface area contributed by atoms with E-state index in [-0.39, 0.29) is 23.3 Å². The first kappa shape index (κ1) is 30.6. The number of fused-ring (bicyclic) bond motifs is 4. The van der Waals surface area contributed by atoms with E-state index in [1.54, 1.807) is 23.5 Å². The zero-order valence-corrected chi connectivity index (χ0v) is 27.5. The minimum Gasteiger partial charge on any atom is -0.493 e. The van der Waals surface area contributed by atoms with Crippen molar-refractivity contribution in [2.75, 3.05) is 25.6 Å². The van der Waals surface area contributed by atoms with Gasteiger partial charge in [0.05, 0.1) is 29.4 Å². The van der Waals surface area contributed by atoms with Gasteiger partial charge < -0.3 is 25.1 Å². The van der Waals surface area contributed by atoms with Crippen molar-refractivity contribution in [3.63, 3.8) is 0 Å². The molecule has 0 radical (unpaired) electrons. The summed E-state index contributed by atoms with van der Waals surface area (Å²) in [6, 6.07) is 16.3. The summed E-state index contributed by atoms with van der Waals surface area (Å²) in [6.45, 7) is 5.02. The fraction of sp³-hybridized carbons (Fsp3) is 0.229. The molecule has 2 amide bonds. The van der Waals surface area contributed by atoms with Gasteiger partial charge in [0.1, 0.15) is 5.75 Å². The maximum absolute atomic E-state index is 14.2. The van der Waals surface area contributed by atoms with Crippen LogP contribution in [0.2, 0.25) is 0 Å². The molecule has 0 saturated carbocycles. The van der Waals surface area contributed by atoms with Crippen LogP contribution in [0.3, 0.4) is 0 Å². The van der Waals surface area contributed by atoms with Crippen LogP contribution in [0.25, 0.3) is 32.5 Å². The summed E-state index contributed by atoms with van der Waals surface area (Å²) in [5, 5.41) is 8.95. The number of carbonyl (C=O) groups is 3. The molecule has 2 aromatic heterocycles. The van der Waals surface area contributed by atoms with Crippen molar-refractivity contribution in [2.24, 2.45) is 5.92 Å². The van der Waals surface area contributed by atoms with Gasteiger partial charge in [-0.2, -0.15) is 0 Å². The molecule has 230 valence electrons. The Balaban J connectivity index is 1.52. The van der Waals surface area contributed by atoms with Crippen LogP contribution in [0.15, 0.2) is 70.6 Å². The maximum atomic E-state index is 14.2. The largest absolute Gasteiger partial charge is 0.493 e. The zero-order chi connectivity index (χ0) is 31.7. The van der Waals surface area contributed by atoms with Crippen LogP contribution < -0.4 is 15.4 Å². The highest BCUT2D eigenvalue weighted by atomic mass is 79.9. The topological polar surface area (TPSA) is 110 Å². The second-order valence-electron chi connectivity index (χ2n) is 11.3. The molecule has 8 nitrogen and oxygen atoms in total. The molecule has 6 rings (SSSR count). The van der Waals surface area contributed by atoms with E-state index in [0.29, 0.717) is 46.8 Å². The number of amides is 2. The summed E-state index contributed by atoms with van der Waals surface area (Å²) >= 11 is 5.26. The predicted molar refractivity (Wildman–Crippen MR) is 181 cm³/mol. The maximum Gasteiger partial charge on any atom is 0.338 e. The Morgan fingerprint density at radius 3 is 2.64 bits per heavy atom. The monoisotopic (exact) mass is 685 g/mol. The predicted octanol–water partition coefficient (Wildman–Crippen LogP) is 8.08. The van der Waals surface area contributed by atoms with Gasteiger partial charge in [0.2, 0.25) is 0 Å². The summed E-state index contributed by atoms with van der Waals surface area (Å²) in [5.74, 6) is -0.397. The Bertz CT molecular complexity index is 1940. The second-order valence-corrected chi connectivity index (χ2v) is 13.0. The van der Waals surface area contributed by atoms with Gasteiger partial charge in [-0.1, -0.05) is 19.9 Å². The molecule has 3 N–H and O–H groups in total. The highest BCUT2D eigenvalue weighted by molar-refractivity contribution is 9.10. The molecule has 0 aliphatic carbocycles. The van der Waals surface area contributed by atoms with E-state index in [9.17, 15) is 14.4 Å². The molecule has 0 spiro atoms. The van der Waals surface area contributed by atoms with Crippen molar-refractivity contribution in [1.82, 2.24) is 10.3 Å². The Labute approximate surface area is 273 Å². The van der Waals surface area contributed by atoms with E-state index >= 15 is 0 Å². The number of benzene rings is 3. The number of rotatable bonds is 7. The van der Waals surface area contributed by atoms with Crippen molar-refractivity contribution in [3.8, 4) is 27.3 Å². The number of H-pyrrole nitrogens is 1. The summed E-state index contributed by atoms with van der Waals surface area (Å²) in [7, 11) is 1.29. The van der Waals surface area contributed by atoms with Gasteiger partial charge in [0.15, 0.2) is 0 Å². The van der Waals surface area contributed by atoms with Gasteiger partial charge in [0.25, 0.3) is 11.8 Å². The molecule has 5 aromatic rings. The van der Waals surface area contributed by atoms with Crippen molar-refractivity contribution >= 4 is 61.6 Å². The SMILES string of the molecule is COC(=O)c1cc(C(=O)NCC(C)C)ccc1-c1cc2c(cc1C(=O)Nc1ccc3[nH]ccc3c1Br)-c1sccc1CCCO2. The Morgan fingerprint density at radius 1 is 1.00 bits per heavy atom. The zero-order valence-electron chi connectivity index (χ0n) is 25.1. The molecule has 0 fully saturated rings. The van der Waals surface area contributed by atoms with Crippen LogP contribution in [-0.4, -0.2) is 43.0 Å². The molecule has 1 aliphatic rings. The van der Waals surface area contributed by atoms with Crippen LogP contribution >= 0.6 is 27.3 Å². The number of aromatic nitrogens is 1. The second kappa shape index (κ2) is 12.9. The lowest BCUT2D eigenvalue weighted by atomic mass is 9.90. The smallest absolute Gasteiger partial charge is 0.338 e. The van der Waals surface area contributed by atoms with Crippen molar-refractivity contribution in [2.45, 2.75) is 26.7 Å². The molecule has 45 heavy (non-hydrogen) atoms. The van der Waals surface area contributed by atoms with E-state index in [1.165, 1.54) is 18.7 Å². The van der Waals surface area contributed by atoms with Crippen molar-refractivity contribution in [3.05, 3.63) is 92.9 Å². The number of hydrogen-bond donors (Lipinski definition) is 3. The van der Waals surface area contributed by atoms with Crippen LogP contribution in [-0.2, 0) is 11.2 Å². The minimum atomic E-state index is -0.622. The summed E-state index contributed by atoms with van der Waals surface area (Å²) < 4.78 is 12.2. The van der Waals surface area contributed by atoms with E-state index < -0.39 is 5.97 Å². The van der Waals surface area contributed by atoms with Gasteiger partial charge >= 0.3 is 5.97 Å². The lowest BCUT2D eigenvalue weighted by Crippen LogP contribution is -2.27. The number of methoxy groups -OCH3 is 1. The van der Waals surface area contributed by atoms with E-state index in [0.717, 1.165) is 38.7 Å². The number of ether oxygens (including phenoxy) is 2. The summed E-state index contributed by atoms with van der Waals surface area (Å²) in [5.41, 5.74) is 5.33. The van der Waals surface area contributed by atoms with Gasteiger partial charge in [0, 0.05) is 45.2 Å². The quantitative estimate of drug-likeness (QED) is 0.150. The van der Waals surface area contributed by atoms with Gasteiger partial charge in [-0.05, 0) is 105 Å². The number of hydrogen-bond acceptors (Lipinski definition) is 6. The lowest BCUT2D eigenvalue weighted by molar-refractivity contribution is 0.0601. The van der Waals surface area contributed by atoms with Gasteiger partial charge in [-0.25, -0.2) is 4.79 Å². The third-order valence-corrected chi connectivity index (χ3v) is 9.61. The lowest BCUT2D eigenvalue weighted by Gasteiger charge is -2.21. The number of halogens is 1. The van der Waals surface area contributed by atoms with Crippen molar-refractivity contribution < 1.29 is 23.9 Å². The number of aryl methyl sites for hydroxylation is 1. The molecular formula is C35H32BrN3O5S. The van der Waals surface area contributed by atoms with Crippen LogP contribution in [0.1, 0.15) is 56.9 Å². The standard InChI is InChI=1S/C35H32BrN3O5S/c1-19(2)18-38-33(40)21-6-7-22(26(15-21)35(42)43-3)24-17-30-27(32-20(11-14-45-32)5-4-13-44-30)16-25(24)34(41)39-29-9-8-28-23(31(29)36)10-12-37-28/h6-12,14-17,19,37H,4-5,13,18H2,1-3H3,(H,38,40)(H,39,41). The van der Waals surface area contributed by atoms with Crippen LogP contribution in [0, 0.1) is 5.92 Å². The molecule has 0 bridgehead atoms.